The van der Waals surface area contributed by atoms with Crippen LogP contribution in [0.15, 0.2) is 48.5 Å². The molecule has 0 aliphatic carbocycles. The van der Waals surface area contributed by atoms with Crippen LogP contribution in [0.2, 0.25) is 0 Å². The second kappa shape index (κ2) is 7.33. The molecule has 1 N–H and O–H groups in total. The number of amides is 1. The van der Waals surface area contributed by atoms with E-state index >= 15 is 0 Å². The fraction of sp³-hybridized carbons (Fsp3) is 0.105. The maximum Gasteiger partial charge on any atom is 0.471 e. The predicted molar refractivity (Wildman–Crippen MR) is 93.2 cm³/mol. The summed E-state index contributed by atoms with van der Waals surface area (Å²) in [6, 6.07) is 13.4. The van der Waals surface area contributed by atoms with Gasteiger partial charge in [0.15, 0.2) is 11.5 Å². The molecule has 5 nitrogen and oxygen atoms in total. The summed E-state index contributed by atoms with van der Waals surface area (Å²) in [6.07, 6.45) is -5.05. The number of ether oxygens (including phenoxy) is 1. The SMILES string of the molecule is COc1ccc(C#Cc2nc3ccccc3nc2NC(=O)C(F)(F)F)cc1. The minimum Gasteiger partial charge on any atom is -0.497 e. The van der Waals surface area contributed by atoms with E-state index in [1.54, 1.807) is 53.8 Å². The number of hydrogen-bond acceptors (Lipinski definition) is 4. The van der Waals surface area contributed by atoms with Gasteiger partial charge in [-0.3, -0.25) is 4.79 Å². The third kappa shape index (κ3) is 4.33. The number of carbonyl (C=O) groups excluding carboxylic acids is 1. The van der Waals surface area contributed by atoms with Gasteiger partial charge in [0, 0.05) is 5.56 Å². The number of rotatable bonds is 2. The van der Waals surface area contributed by atoms with E-state index in [0.717, 1.165) is 0 Å². The number of fused-ring (bicyclic) bond motifs is 1. The topological polar surface area (TPSA) is 64.1 Å². The van der Waals surface area contributed by atoms with E-state index in [0.29, 0.717) is 22.3 Å². The van der Waals surface area contributed by atoms with Gasteiger partial charge in [-0.25, -0.2) is 9.97 Å². The smallest absolute Gasteiger partial charge is 0.471 e. The van der Waals surface area contributed by atoms with Crippen LogP contribution < -0.4 is 10.1 Å². The van der Waals surface area contributed by atoms with Gasteiger partial charge in [-0.15, -0.1) is 0 Å². The van der Waals surface area contributed by atoms with Crippen LogP contribution in [0.1, 0.15) is 11.3 Å². The molecule has 8 heteroatoms. The van der Waals surface area contributed by atoms with Gasteiger partial charge in [0.2, 0.25) is 0 Å². The van der Waals surface area contributed by atoms with Crippen LogP contribution in [0.25, 0.3) is 11.0 Å². The average Bonchev–Trinajstić information content (AvgIpc) is 2.66. The van der Waals surface area contributed by atoms with Crippen LogP contribution in [0, 0.1) is 11.8 Å². The first-order valence-corrected chi connectivity index (χ1v) is 7.68. The van der Waals surface area contributed by atoms with Crippen molar-refractivity contribution in [3.63, 3.8) is 0 Å². The Morgan fingerprint density at radius 2 is 1.63 bits per heavy atom. The number of hydrogen-bond donors (Lipinski definition) is 1. The monoisotopic (exact) mass is 371 g/mol. The Labute approximate surface area is 152 Å². The molecular formula is C19H12F3N3O2. The Hall–Kier alpha value is -3.60. The van der Waals surface area contributed by atoms with Crippen molar-refractivity contribution in [3.05, 3.63) is 59.8 Å². The lowest BCUT2D eigenvalue weighted by atomic mass is 10.2. The molecule has 0 radical (unpaired) electrons. The lowest BCUT2D eigenvalue weighted by molar-refractivity contribution is -0.167. The van der Waals surface area contributed by atoms with Crippen LogP contribution in [0.4, 0.5) is 19.0 Å². The number of alkyl halides is 3. The maximum absolute atomic E-state index is 12.6. The van der Waals surface area contributed by atoms with Crippen molar-refractivity contribution in [1.29, 1.82) is 0 Å². The quantitative estimate of drug-likeness (QED) is 0.700. The Balaban J connectivity index is 2.03. The number of aromatic nitrogens is 2. The fourth-order valence-corrected chi connectivity index (χ4v) is 2.16. The molecule has 136 valence electrons. The summed E-state index contributed by atoms with van der Waals surface area (Å²) in [5, 5.41) is 1.74. The second-order valence-electron chi connectivity index (χ2n) is 5.34. The number of halogens is 3. The number of carbonyl (C=O) groups is 1. The van der Waals surface area contributed by atoms with Crippen LogP contribution in [-0.4, -0.2) is 29.2 Å². The summed E-state index contributed by atoms with van der Waals surface area (Å²) in [4.78, 5) is 19.6. The standard InChI is InChI=1S/C19H12F3N3O2/c1-27-13-9-6-12(7-10-13)8-11-16-17(25-18(26)19(20,21)22)24-15-5-3-2-4-14(15)23-16/h2-7,9-10H,1H3,(H,24,25,26). The summed E-state index contributed by atoms with van der Waals surface area (Å²) in [7, 11) is 1.53. The van der Waals surface area contributed by atoms with E-state index in [-0.39, 0.29) is 11.5 Å². The third-order valence-corrected chi connectivity index (χ3v) is 3.48. The van der Waals surface area contributed by atoms with E-state index in [1.165, 1.54) is 7.11 Å². The summed E-state index contributed by atoms with van der Waals surface area (Å²) in [5.74, 6) is 3.61. The van der Waals surface area contributed by atoms with Crippen molar-refractivity contribution >= 4 is 22.8 Å². The lowest BCUT2D eigenvalue weighted by Gasteiger charge is -2.09. The summed E-state index contributed by atoms with van der Waals surface area (Å²) < 4.78 is 42.8. The average molecular weight is 371 g/mol. The zero-order chi connectivity index (χ0) is 19.4. The van der Waals surface area contributed by atoms with Crippen LogP contribution >= 0.6 is 0 Å². The van der Waals surface area contributed by atoms with Gasteiger partial charge in [0.1, 0.15) is 5.75 Å². The molecule has 1 amide bonds. The highest BCUT2D eigenvalue weighted by Gasteiger charge is 2.39. The number of nitrogens with zero attached hydrogens (tertiary/aromatic N) is 2. The molecule has 3 rings (SSSR count). The largest absolute Gasteiger partial charge is 0.497 e. The highest BCUT2D eigenvalue weighted by atomic mass is 19.4. The molecule has 0 aliphatic rings. The lowest BCUT2D eigenvalue weighted by Crippen LogP contribution is -2.30. The third-order valence-electron chi connectivity index (χ3n) is 3.48. The zero-order valence-electron chi connectivity index (χ0n) is 14.0. The van der Waals surface area contributed by atoms with Gasteiger partial charge in [0.25, 0.3) is 0 Å². The van der Waals surface area contributed by atoms with Crippen LogP contribution in [0.3, 0.4) is 0 Å². The Morgan fingerprint density at radius 1 is 1.00 bits per heavy atom. The molecule has 3 aromatic rings. The Bertz CT molecular complexity index is 1050. The Morgan fingerprint density at radius 3 is 2.22 bits per heavy atom. The first-order chi connectivity index (χ1) is 12.9. The maximum atomic E-state index is 12.6. The summed E-state index contributed by atoms with van der Waals surface area (Å²) in [6.45, 7) is 0. The molecule has 0 unspecified atom stereocenters. The molecule has 0 spiro atoms. The number of para-hydroxylation sites is 2. The first-order valence-electron chi connectivity index (χ1n) is 7.68. The minimum absolute atomic E-state index is 0.0675. The molecule has 27 heavy (non-hydrogen) atoms. The molecule has 0 saturated carbocycles. The second-order valence-corrected chi connectivity index (χ2v) is 5.34. The van der Waals surface area contributed by atoms with Gasteiger partial charge in [-0.05, 0) is 42.3 Å². The fourth-order valence-electron chi connectivity index (χ4n) is 2.16. The van der Waals surface area contributed by atoms with Gasteiger partial charge in [-0.2, -0.15) is 13.2 Å². The molecule has 0 fully saturated rings. The Kier molecular flexibility index (Phi) is 4.94. The van der Waals surface area contributed by atoms with E-state index in [2.05, 4.69) is 21.8 Å². The number of benzene rings is 2. The van der Waals surface area contributed by atoms with E-state index < -0.39 is 12.1 Å². The van der Waals surface area contributed by atoms with Crippen molar-refractivity contribution in [3.8, 4) is 17.6 Å². The number of anilines is 1. The van der Waals surface area contributed by atoms with Crippen molar-refractivity contribution in [1.82, 2.24) is 9.97 Å². The predicted octanol–water partition coefficient (Wildman–Crippen LogP) is 3.54. The van der Waals surface area contributed by atoms with E-state index in [1.807, 2.05) is 0 Å². The minimum atomic E-state index is -5.05. The van der Waals surface area contributed by atoms with Gasteiger partial charge in [0.05, 0.1) is 18.1 Å². The van der Waals surface area contributed by atoms with E-state index in [9.17, 15) is 18.0 Å². The molecule has 1 aromatic heterocycles. The molecule has 0 atom stereocenters. The van der Waals surface area contributed by atoms with Gasteiger partial charge >= 0.3 is 12.1 Å². The van der Waals surface area contributed by atoms with Crippen LogP contribution in [0.5, 0.6) is 5.75 Å². The normalized spacial score (nSPS) is 10.8. The molecule has 0 saturated heterocycles. The molecule has 2 aromatic carbocycles. The van der Waals surface area contributed by atoms with Crippen molar-refractivity contribution in [2.24, 2.45) is 0 Å². The molecule has 1 heterocycles. The summed E-state index contributed by atoms with van der Waals surface area (Å²) in [5.41, 5.74) is 1.31. The first kappa shape index (κ1) is 18.2. The van der Waals surface area contributed by atoms with Crippen LogP contribution in [-0.2, 0) is 4.79 Å². The van der Waals surface area contributed by atoms with Gasteiger partial charge in [-0.1, -0.05) is 18.1 Å². The molecular weight excluding hydrogens is 359 g/mol. The van der Waals surface area contributed by atoms with Crippen molar-refractivity contribution < 1.29 is 22.7 Å². The van der Waals surface area contributed by atoms with Crippen molar-refractivity contribution in [2.45, 2.75) is 6.18 Å². The van der Waals surface area contributed by atoms with Gasteiger partial charge < -0.3 is 10.1 Å². The molecule has 0 bridgehead atoms. The molecule has 0 aliphatic heterocycles. The highest BCUT2D eigenvalue weighted by molar-refractivity contribution is 5.95. The number of methoxy groups -OCH3 is 1. The van der Waals surface area contributed by atoms with Crippen molar-refractivity contribution in [2.75, 3.05) is 12.4 Å². The van der Waals surface area contributed by atoms with E-state index in [4.69, 9.17) is 4.74 Å². The zero-order valence-corrected chi connectivity index (χ0v) is 14.0. The number of nitrogens with one attached hydrogen (secondary N) is 1. The highest BCUT2D eigenvalue weighted by Crippen LogP contribution is 2.21. The summed E-state index contributed by atoms with van der Waals surface area (Å²) >= 11 is 0.